The van der Waals surface area contributed by atoms with Gasteiger partial charge in [-0.15, -0.1) is 0 Å². The first-order valence-electron chi connectivity index (χ1n) is 9.22. The normalized spacial score (nSPS) is 21.0. The number of hydrogen-bond donors (Lipinski definition) is 1. The highest BCUT2D eigenvalue weighted by atomic mass is 16.5. The van der Waals surface area contributed by atoms with Gasteiger partial charge in [-0.05, 0) is 92.1 Å². The van der Waals surface area contributed by atoms with Crippen molar-refractivity contribution in [3.05, 3.63) is 36.4 Å². The van der Waals surface area contributed by atoms with Crippen molar-refractivity contribution in [3.63, 3.8) is 0 Å². The number of fused-ring (bicyclic) bond motifs is 1. The Hall–Kier alpha value is -1.74. The summed E-state index contributed by atoms with van der Waals surface area (Å²) in [5, 5.41) is 5.89. The molecule has 1 saturated heterocycles. The Labute approximate surface area is 144 Å². The summed E-state index contributed by atoms with van der Waals surface area (Å²) in [5.41, 5.74) is 0.602. The second kappa shape index (κ2) is 6.64. The predicted molar refractivity (Wildman–Crippen MR) is 97.9 cm³/mol. The first-order valence-corrected chi connectivity index (χ1v) is 9.22. The van der Waals surface area contributed by atoms with Crippen LogP contribution in [0.4, 0.5) is 0 Å². The van der Waals surface area contributed by atoms with Crippen molar-refractivity contribution >= 4 is 10.8 Å². The van der Waals surface area contributed by atoms with Crippen LogP contribution in [0.5, 0.6) is 11.5 Å². The van der Waals surface area contributed by atoms with Gasteiger partial charge in [0.15, 0.2) is 0 Å². The zero-order valence-electron chi connectivity index (χ0n) is 14.5. The first-order chi connectivity index (χ1) is 11.8. The molecule has 1 aliphatic heterocycles. The van der Waals surface area contributed by atoms with E-state index in [9.17, 15) is 0 Å². The molecule has 2 aromatic carbocycles. The van der Waals surface area contributed by atoms with Crippen LogP contribution >= 0.6 is 0 Å². The van der Waals surface area contributed by atoms with E-state index in [0.717, 1.165) is 11.5 Å². The first kappa shape index (κ1) is 15.8. The van der Waals surface area contributed by atoms with Crippen LogP contribution < -0.4 is 14.8 Å². The topological polar surface area (TPSA) is 30.5 Å². The molecule has 0 atom stereocenters. The molecule has 128 valence electrons. The molecule has 2 fully saturated rings. The summed E-state index contributed by atoms with van der Waals surface area (Å²) in [4.78, 5) is 0. The zero-order valence-corrected chi connectivity index (χ0v) is 14.5. The fraction of sp³-hybridized carbons (Fsp3) is 0.524. The molecule has 0 amide bonds. The lowest BCUT2D eigenvalue weighted by Crippen LogP contribution is -2.40. The van der Waals surface area contributed by atoms with E-state index in [4.69, 9.17) is 9.47 Å². The quantitative estimate of drug-likeness (QED) is 0.899. The average molecular weight is 325 g/mol. The molecule has 0 aromatic heterocycles. The molecule has 1 spiro atoms. The lowest BCUT2D eigenvalue weighted by molar-refractivity contribution is 0.0572. The number of hydrogen-bond acceptors (Lipinski definition) is 3. The molecule has 1 saturated carbocycles. The van der Waals surface area contributed by atoms with E-state index in [0.29, 0.717) is 11.5 Å². The van der Waals surface area contributed by atoms with Crippen molar-refractivity contribution in [2.24, 2.45) is 5.41 Å². The van der Waals surface area contributed by atoms with Crippen molar-refractivity contribution in [3.8, 4) is 11.5 Å². The summed E-state index contributed by atoms with van der Waals surface area (Å²) < 4.78 is 11.6. The van der Waals surface area contributed by atoms with E-state index in [1.54, 1.807) is 7.11 Å². The number of benzene rings is 2. The molecule has 1 heterocycles. The van der Waals surface area contributed by atoms with Crippen molar-refractivity contribution in [2.75, 3.05) is 20.2 Å². The average Bonchev–Trinajstić information content (AvgIpc) is 2.64. The fourth-order valence-electron chi connectivity index (χ4n) is 4.37. The minimum Gasteiger partial charge on any atom is -0.497 e. The van der Waals surface area contributed by atoms with Gasteiger partial charge >= 0.3 is 0 Å². The maximum absolute atomic E-state index is 6.31. The van der Waals surface area contributed by atoms with Crippen molar-refractivity contribution < 1.29 is 9.47 Å². The van der Waals surface area contributed by atoms with Crippen LogP contribution in [0.3, 0.4) is 0 Å². The predicted octanol–water partition coefficient (Wildman–Crippen LogP) is 4.54. The smallest absolute Gasteiger partial charge is 0.120 e. The summed E-state index contributed by atoms with van der Waals surface area (Å²) in [6.45, 7) is 2.39. The third-order valence-electron chi connectivity index (χ3n) is 5.98. The maximum Gasteiger partial charge on any atom is 0.120 e. The molecule has 4 rings (SSSR count). The molecule has 2 aliphatic rings. The standard InChI is InChI=1S/C21H27NO2/c1-23-19-4-2-17-15-20(5-3-16(17)14-19)24-18-6-8-21(9-7-18)10-12-22-13-11-21/h2-5,14-15,18,22H,6-13H2,1H3. The number of ether oxygens (including phenoxy) is 2. The summed E-state index contributed by atoms with van der Waals surface area (Å²) in [6, 6.07) is 12.6. The summed E-state index contributed by atoms with van der Waals surface area (Å²) in [5.74, 6) is 1.90. The Morgan fingerprint density at radius 1 is 0.875 bits per heavy atom. The van der Waals surface area contributed by atoms with Gasteiger partial charge in [0, 0.05) is 0 Å². The van der Waals surface area contributed by atoms with E-state index >= 15 is 0 Å². The minimum absolute atomic E-state index is 0.376. The van der Waals surface area contributed by atoms with Gasteiger partial charge in [-0.25, -0.2) is 0 Å². The van der Waals surface area contributed by atoms with Gasteiger partial charge in [0.2, 0.25) is 0 Å². The van der Waals surface area contributed by atoms with Gasteiger partial charge in [0.05, 0.1) is 13.2 Å². The Bertz CT molecular complexity index is 696. The van der Waals surface area contributed by atoms with Crippen LogP contribution in [-0.4, -0.2) is 26.3 Å². The molecule has 0 radical (unpaired) electrons. The van der Waals surface area contributed by atoms with Crippen LogP contribution in [0.15, 0.2) is 36.4 Å². The lowest BCUT2D eigenvalue weighted by atomic mass is 9.68. The number of piperidine rings is 1. The Balaban J connectivity index is 1.41. The van der Waals surface area contributed by atoms with E-state index < -0.39 is 0 Å². The van der Waals surface area contributed by atoms with Crippen molar-refractivity contribution in [1.29, 1.82) is 0 Å². The SMILES string of the molecule is COc1ccc2cc(OC3CCC4(CCNCC4)CC3)ccc2c1. The third kappa shape index (κ3) is 3.23. The number of methoxy groups -OCH3 is 1. The molecule has 24 heavy (non-hydrogen) atoms. The van der Waals surface area contributed by atoms with Crippen LogP contribution in [0.2, 0.25) is 0 Å². The molecule has 3 nitrogen and oxygen atoms in total. The highest BCUT2D eigenvalue weighted by Gasteiger charge is 2.36. The van der Waals surface area contributed by atoms with Crippen LogP contribution in [0.25, 0.3) is 10.8 Å². The highest BCUT2D eigenvalue weighted by molar-refractivity contribution is 5.85. The van der Waals surface area contributed by atoms with Crippen LogP contribution in [0, 0.1) is 5.41 Å². The van der Waals surface area contributed by atoms with E-state index in [2.05, 4.69) is 35.6 Å². The van der Waals surface area contributed by atoms with Gasteiger partial charge < -0.3 is 14.8 Å². The largest absolute Gasteiger partial charge is 0.497 e. The minimum atomic E-state index is 0.376. The van der Waals surface area contributed by atoms with Gasteiger partial charge in [-0.2, -0.15) is 0 Å². The fourth-order valence-corrected chi connectivity index (χ4v) is 4.37. The molecule has 1 N–H and O–H groups in total. The van der Waals surface area contributed by atoms with Gasteiger partial charge in [0.1, 0.15) is 11.5 Å². The third-order valence-corrected chi connectivity index (χ3v) is 5.98. The summed E-state index contributed by atoms with van der Waals surface area (Å²) >= 11 is 0. The van der Waals surface area contributed by atoms with Gasteiger partial charge in [-0.3, -0.25) is 0 Å². The van der Waals surface area contributed by atoms with Gasteiger partial charge in [0.25, 0.3) is 0 Å². The summed E-state index contributed by atoms with van der Waals surface area (Å²) in [7, 11) is 1.71. The van der Waals surface area contributed by atoms with Crippen LogP contribution in [-0.2, 0) is 0 Å². The van der Waals surface area contributed by atoms with Crippen LogP contribution in [0.1, 0.15) is 38.5 Å². The highest BCUT2D eigenvalue weighted by Crippen LogP contribution is 2.44. The van der Waals surface area contributed by atoms with E-state index in [-0.39, 0.29) is 0 Å². The monoisotopic (exact) mass is 325 g/mol. The molecule has 0 bridgehead atoms. The maximum atomic E-state index is 6.31. The van der Waals surface area contributed by atoms with Crippen molar-refractivity contribution in [2.45, 2.75) is 44.6 Å². The number of rotatable bonds is 3. The van der Waals surface area contributed by atoms with Gasteiger partial charge in [-0.1, -0.05) is 12.1 Å². The molecule has 0 unspecified atom stereocenters. The zero-order chi connectivity index (χ0) is 16.4. The molecular formula is C21H27NO2. The van der Waals surface area contributed by atoms with E-state index in [1.165, 1.54) is 62.4 Å². The molecule has 1 aliphatic carbocycles. The Kier molecular flexibility index (Phi) is 4.36. The van der Waals surface area contributed by atoms with E-state index in [1.807, 2.05) is 6.07 Å². The molecule has 3 heteroatoms. The Morgan fingerprint density at radius 3 is 2.17 bits per heavy atom. The lowest BCUT2D eigenvalue weighted by Gasteiger charge is -2.43. The number of nitrogens with one attached hydrogen (secondary N) is 1. The van der Waals surface area contributed by atoms with Crippen molar-refractivity contribution in [1.82, 2.24) is 5.32 Å². The molecule has 2 aromatic rings. The summed E-state index contributed by atoms with van der Waals surface area (Å²) in [6.07, 6.45) is 8.10. The second-order valence-electron chi connectivity index (χ2n) is 7.44. The second-order valence-corrected chi connectivity index (χ2v) is 7.44. The Morgan fingerprint density at radius 2 is 1.50 bits per heavy atom. The molecular weight excluding hydrogens is 298 g/mol.